The zero-order valence-electron chi connectivity index (χ0n) is 16.8. The number of methoxy groups -OCH3 is 1. The third-order valence-electron chi connectivity index (χ3n) is 5.21. The average molecular weight is 450 g/mol. The number of carbonyl (C=O) groups excluding carboxylic acids is 1. The Kier molecular flexibility index (Phi) is 5.99. The van der Waals surface area contributed by atoms with Gasteiger partial charge in [0.15, 0.2) is 10.1 Å². The second-order valence-corrected chi connectivity index (χ2v) is 9.11. The Balaban J connectivity index is 1.87. The van der Waals surface area contributed by atoms with Crippen molar-refractivity contribution in [2.24, 2.45) is 5.73 Å². The lowest BCUT2D eigenvalue weighted by Gasteiger charge is -2.38. The highest BCUT2D eigenvalue weighted by Gasteiger charge is 2.41. The number of aromatic nitrogens is 2. The van der Waals surface area contributed by atoms with Gasteiger partial charge in [0.2, 0.25) is 5.13 Å². The molecule has 156 valence electrons. The molecule has 9 heteroatoms. The van der Waals surface area contributed by atoms with Crippen LogP contribution in [0.15, 0.2) is 51.3 Å². The third kappa shape index (κ3) is 3.78. The molecule has 7 nitrogen and oxygen atoms in total. The molecule has 1 unspecified atom stereocenters. The van der Waals surface area contributed by atoms with Crippen molar-refractivity contribution in [2.45, 2.75) is 29.5 Å². The number of hydrogen-bond acceptors (Lipinski definition) is 9. The van der Waals surface area contributed by atoms with Crippen LogP contribution in [0.5, 0.6) is 5.75 Å². The number of nitrogens with two attached hydrogens (primary N) is 1. The summed E-state index contributed by atoms with van der Waals surface area (Å²) < 4.78 is 6.06. The minimum Gasteiger partial charge on any atom is -0.497 e. The van der Waals surface area contributed by atoms with Crippen molar-refractivity contribution < 1.29 is 9.53 Å². The molecule has 1 atom stereocenters. The minimum absolute atomic E-state index is 0.0192. The van der Waals surface area contributed by atoms with E-state index in [4.69, 9.17) is 16.9 Å². The maximum atomic E-state index is 13.1. The first-order chi connectivity index (χ1) is 15.1. The molecule has 0 saturated carbocycles. The summed E-state index contributed by atoms with van der Waals surface area (Å²) in [6, 6.07) is 9.65. The first kappa shape index (κ1) is 21.0. The normalized spacial score (nSPS) is 18.5. The summed E-state index contributed by atoms with van der Waals surface area (Å²) in [4.78, 5) is 14.8. The fourth-order valence-corrected chi connectivity index (χ4v) is 5.47. The number of ether oxygens (including phenoxy) is 1. The molecule has 0 fully saturated rings. The van der Waals surface area contributed by atoms with Crippen molar-refractivity contribution in [3.63, 3.8) is 0 Å². The van der Waals surface area contributed by atoms with Gasteiger partial charge in [0.05, 0.1) is 30.4 Å². The number of thioether (sulfide) groups is 1. The van der Waals surface area contributed by atoms with E-state index >= 15 is 0 Å². The molecule has 0 bridgehead atoms. The van der Waals surface area contributed by atoms with E-state index in [-0.39, 0.29) is 11.6 Å². The maximum Gasteiger partial charge on any atom is 0.219 e. The standard InChI is InChI=1S/C22H19N5O2S2/c1-3-10-30-22-26-25-21(31-22)27-16-8-5-9-17(28)19(16)18(15(12-23)20(27)24)13-6-4-7-14(11-13)29-2/h1,4,6-7,11,18H,5,8-10,24H2,2H3. The minimum atomic E-state index is -0.539. The van der Waals surface area contributed by atoms with E-state index in [2.05, 4.69) is 22.2 Å². The lowest BCUT2D eigenvalue weighted by atomic mass is 9.76. The molecular formula is C22H19N5O2S2. The Morgan fingerprint density at radius 1 is 1.42 bits per heavy atom. The summed E-state index contributed by atoms with van der Waals surface area (Å²) in [6.07, 6.45) is 7.15. The van der Waals surface area contributed by atoms with Crippen LogP contribution in [-0.4, -0.2) is 28.8 Å². The second-order valence-electron chi connectivity index (χ2n) is 6.94. The van der Waals surface area contributed by atoms with Gasteiger partial charge in [-0.05, 0) is 30.5 Å². The van der Waals surface area contributed by atoms with E-state index in [1.807, 2.05) is 24.3 Å². The molecule has 2 aromatic rings. The Hall–Kier alpha value is -3.27. The maximum absolute atomic E-state index is 13.1. The van der Waals surface area contributed by atoms with Crippen molar-refractivity contribution in [3.8, 4) is 24.2 Å². The summed E-state index contributed by atoms with van der Waals surface area (Å²) in [6.45, 7) is 0. The number of anilines is 1. The van der Waals surface area contributed by atoms with Gasteiger partial charge in [-0.1, -0.05) is 41.2 Å². The highest BCUT2D eigenvalue weighted by molar-refractivity contribution is 8.01. The van der Waals surface area contributed by atoms with Crippen LogP contribution in [0.1, 0.15) is 30.7 Å². The van der Waals surface area contributed by atoms with E-state index in [0.29, 0.717) is 51.4 Å². The number of nitrogens with zero attached hydrogens (tertiary/aromatic N) is 4. The van der Waals surface area contributed by atoms with Crippen molar-refractivity contribution in [1.82, 2.24) is 10.2 Å². The fraction of sp³-hybridized carbons (Fsp3) is 0.273. The SMILES string of the molecule is C#CCSc1nnc(N2C(N)=C(C#N)C(c3cccc(OC)c3)C3=C2CCCC3=O)s1. The van der Waals surface area contributed by atoms with E-state index in [1.165, 1.54) is 23.1 Å². The predicted molar refractivity (Wildman–Crippen MR) is 120 cm³/mol. The Labute approximate surface area is 188 Å². The molecule has 0 saturated heterocycles. The van der Waals surface area contributed by atoms with E-state index in [0.717, 1.165) is 11.3 Å². The van der Waals surface area contributed by atoms with E-state index in [9.17, 15) is 10.1 Å². The molecule has 0 radical (unpaired) electrons. The van der Waals surface area contributed by atoms with Crippen LogP contribution in [-0.2, 0) is 4.79 Å². The highest BCUT2D eigenvalue weighted by atomic mass is 32.2. The van der Waals surface area contributed by atoms with E-state index in [1.54, 1.807) is 12.0 Å². The lowest BCUT2D eigenvalue weighted by molar-refractivity contribution is -0.116. The summed E-state index contributed by atoms with van der Waals surface area (Å²) in [5.41, 5.74) is 9.02. The van der Waals surface area contributed by atoms with Crippen LogP contribution in [0.2, 0.25) is 0 Å². The van der Waals surface area contributed by atoms with Gasteiger partial charge in [0, 0.05) is 17.7 Å². The summed E-state index contributed by atoms with van der Waals surface area (Å²) in [7, 11) is 1.58. The fourth-order valence-electron chi connectivity index (χ4n) is 3.91. The molecule has 1 aromatic heterocycles. The van der Waals surface area contributed by atoms with Crippen molar-refractivity contribution in [2.75, 3.05) is 17.8 Å². The van der Waals surface area contributed by atoms with Crippen LogP contribution in [0.4, 0.5) is 5.13 Å². The van der Waals surface area contributed by atoms with Crippen LogP contribution >= 0.6 is 23.1 Å². The van der Waals surface area contributed by atoms with Gasteiger partial charge in [-0.3, -0.25) is 9.69 Å². The molecule has 0 amide bonds. The highest BCUT2D eigenvalue weighted by Crippen LogP contribution is 2.47. The zero-order valence-corrected chi connectivity index (χ0v) is 18.4. The Morgan fingerprint density at radius 3 is 3.00 bits per heavy atom. The van der Waals surface area contributed by atoms with Crippen LogP contribution in [0, 0.1) is 23.7 Å². The van der Waals surface area contributed by atoms with Crippen LogP contribution < -0.4 is 15.4 Å². The average Bonchev–Trinajstić information content (AvgIpc) is 3.25. The molecule has 2 heterocycles. The Morgan fingerprint density at radius 2 is 2.26 bits per heavy atom. The molecule has 2 aliphatic rings. The molecule has 2 N–H and O–H groups in total. The molecular weight excluding hydrogens is 430 g/mol. The van der Waals surface area contributed by atoms with Crippen LogP contribution in [0.3, 0.4) is 0 Å². The number of rotatable bonds is 5. The van der Waals surface area contributed by atoms with Gasteiger partial charge < -0.3 is 10.5 Å². The van der Waals surface area contributed by atoms with Gasteiger partial charge in [-0.25, -0.2) is 0 Å². The Bertz CT molecular complexity index is 1180. The number of allylic oxidation sites excluding steroid dienone is 3. The first-order valence-corrected chi connectivity index (χ1v) is 11.4. The number of Topliss-reactive ketones (excluding diaryl/α,β-unsaturated/α-hetero) is 1. The van der Waals surface area contributed by atoms with Gasteiger partial charge in [-0.15, -0.1) is 16.6 Å². The lowest BCUT2D eigenvalue weighted by Crippen LogP contribution is -2.38. The summed E-state index contributed by atoms with van der Waals surface area (Å²) >= 11 is 2.75. The largest absolute Gasteiger partial charge is 0.497 e. The quantitative estimate of drug-likeness (QED) is 0.545. The van der Waals surface area contributed by atoms with Gasteiger partial charge in [0.25, 0.3) is 0 Å². The van der Waals surface area contributed by atoms with Gasteiger partial charge in [0.1, 0.15) is 11.6 Å². The summed E-state index contributed by atoms with van der Waals surface area (Å²) in [5, 5.41) is 19.0. The number of ketones is 1. The smallest absolute Gasteiger partial charge is 0.219 e. The van der Waals surface area contributed by atoms with Gasteiger partial charge in [-0.2, -0.15) is 5.26 Å². The number of nitriles is 1. The zero-order chi connectivity index (χ0) is 22.0. The first-order valence-electron chi connectivity index (χ1n) is 9.58. The number of carbonyl (C=O) groups is 1. The number of terminal acetylenes is 1. The molecule has 1 aliphatic carbocycles. The second kappa shape index (κ2) is 8.84. The molecule has 1 aromatic carbocycles. The third-order valence-corrected chi connectivity index (χ3v) is 7.15. The molecule has 31 heavy (non-hydrogen) atoms. The van der Waals surface area contributed by atoms with Gasteiger partial charge >= 0.3 is 0 Å². The van der Waals surface area contributed by atoms with Crippen molar-refractivity contribution in [3.05, 3.63) is 52.5 Å². The molecule has 4 rings (SSSR count). The molecule has 1 aliphatic heterocycles. The summed E-state index contributed by atoms with van der Waals surface area (Å²) in [5.74, 6) is 3.45. The van der Waals surface area contributed by atoms with Crippen molar-refractivity contribution >= 4 is 34.0 Å². The monoisotopic (exact) mass is 449 g/mol. The van der Waals surface area contributed by atoms with E-state index < -0.39 is 5.92 Å². The van der Waals surface area contributed by atoms with Crippen molar-refractivity contribution in [1.29, 1.82) is 5.26 Å². The predicted octanol–water partition coefficient (Wildman–Crippen LogP) is 3.58. The topological polar surface area (TPSA) is 105 Å². The van der Waals surface area contributed by atoms with Crippen LogP contribution in [0.25, 0.3) is 0 Å². The number of hydrogen-bond donors (Lipinski definition) is 1. The molecule has 0 spiro atoms. The number of benzene rings is 1.